The number of carboxylic acids is 1. The number of carbonyl (C=O) groups is 2. The van der Waals surface area contributed by atoms with E-state index in [0.29, 0.717) is 11.1 Å². The number of amides is 1. The number of carbonyl (C=O) groups excluding carboxylic acids is 1. The Morgan fingerprint density at radius 3 is 2.10 bits per heavy atom. The molecule has 0 spiro atoms. The Kier molecular flexibility index (Phi) is 4.03. The Morgan fingerprint density at radius 1 is 1.00 bits per heavy atom. The van der Waals surface area contributed by atoms with E-state index in [1.165, 1.54) is 17.0 Å². The molecule has 0 aliphatic carbocycles. The molecule has 5 heteroatoms. The van der Waals surface area contributed by atoms with Crippen LogP contribution in [-0.2, 0) is 0 Å². The summed E-state index contributed by atoms with van der Waals surface area (Å²) >= 11 is 0. The topological polar surface area (TPSA) is 57.6 Å². The molecule has 0 atom stereocenters. The largest absolute Gasteiger partial charge is 0.478 e. The number of hydrogen-bond donors (Lipinski definition) is 1. The molecule has 0 unspecified atom stereocenters. The fourth-order valence-corrected chi connectivity index (χ4v) is 1.93. The van der Waals surface area contributed by atoms with Crippen LogP contribution in [0, 0.1) is 5.82 Å². The first-order valence-corrected chi connectivity index (χ1v) is 6.25. The zero-order valence-corrected chi connectivity index (χ0v) is 11.6. The number of benzene rings is 2. The highest BCUT2D eigenvalue weighted by molar-refractivity contribution is 5.94. The summed E-state index contributed by atoms with van der Waals surface area (Å²) in [5.74, 6) is -1.77. The highest BCUT2D eigenvalue weighted by Gasteiger charge is 2.12. The van der Waals surface area contributed by atoms with Crippen molar-refractivity contribution in [2.45, 2.75) is 0 Å². The number of hydrogen-bond acceptors (Lipinski definition) is 2. The van der Waals surface area contributed by atoms with Crippen molar-refractivity contribution < 1.29 is 19.1 Å². The van der Waals surface area contributed by atoms with Crippen molar-refractivity contribution in [3.8, 4) is 11.1 Å². The lowest BCUT2D eigenvalue weighted by atomic mass is 10.0. The maximum Gasteiger partial charge on any atom is 0.335 e. The van der Waals surface area contributed by atoms with Crippen molar-refractivity contribution in [1.82, 2.24) is 4.90 Å². The molecule has 21 heavy (non-hydrogen) atoms. The van der Waals surface area contributed by atoms with Gasteiger partial charge in [0.1, 0.15) is 5.82 Å². The van der Waals surface area contributed by atoms with E-state index in [0.717, 1.165) is 6.07 Å². The summed E-state index contributed by atoms with van der Waals surface area (Å²) in [6.45, 7) is 0. The molecule has 0 saturated carbocycles. The van der Waals surface area contributed by atoms with E-state index in [1.54, 1.807) is 38.4 Å². The first kappa shape index (κ1) is 14.7. The zero-order valence-electron chi connectivity index (χ0n) is 11.6. The second kappa shape index (κ2) is 5.75. The Bertz CT molecular complexity index is 693. The lowest BCUT2D eigenvalue weighted by Crippen LogP contribution is -2.21. The third-order valence-electron chi connectivity index (χ3n) is 3.06. The van der Waals surface area contributed by atoms with Crippen molar-refractivity contribution in [2.75, 3.05) is 14.1 Å². The molecule has 0 aliphatic rings. The molecule has 1 amide bonds. The number of halogens is 1. The van der Waals surface area contributed by atoms with E-state index < -0.39 is 11.8 Å². The fourth-order valence-electron chi connectivity index (χ4n) is 1.93. The molecular formula is C16H14FNO3. The lowest BCUT2D eigenvalue weighted by molar-refractivity contribution is 0.0696. The summed E-state index contributed by atoms with van der Waals surface area (Å²) in [6.07, 6.45) is 0. The number of nitrogens with zero attached hydrogens (tertiary/aromatic N) is 1. The molecular weight excluding hydrogens is 273 g/mol. The number of rotatable bonds is 3. The van der Waals surface area contributed by atoms with Crippen LogP contribution in [0.5, 0.6) is 0 Å². The van der Waals surface area contributed by atoms with Crippen molar-refractivity contribution in [3.05, 3.63) is 59.4 Å². The van der Waals surface area contributed by atoms with Gasteiger partial charge in [-0.15, -0.1) is 0 Å². The summed E-state index contributed by atoms with van der Waals surface area (Å²) in [7, 11) is 3.29. The quantitative estimate of drug-likeness (QED) is 0.944. The van der Waals surface area contributed by atoms with Crippen LogP contribution in [0.3, 0.4) is 0 Å². The predicted molar refractivity (Wildman–Crippen MR) is 76.8 cm³/mol. The van der Waals surface area contributed by atoms with Crippen LogP contribution >= 0.6 is 0 Å². The third-order valence-corrected chi connectivity index (χ3v) is 3.06. The average molecular weight is 287 g/mol. The Morgan fingerprint density at radius 2 is 1.57 bits per heavy atom. The van der Waals surface area contributed by atoms with E-state index in [9.17, 15) is 14.0 Å². The fraction of sp³-hybridized carbons (Fsp3) is 0.125. The van der Waals surface area contributed by atoms with Gasteiger partial charge >= 0.3 is 5.97 Å². The molecule has 0 aromatic heterocycles. The first-order chi connectivity index (χ1) is 9.90. The van der Waals surface area contributed by atoms with E-state index in [-0.39, 0.29) is 17.0 Å². The normalized spacial score (nSPS) is 10.2. The molecule has 4 nitrogen and oxygen atoms in total. The summed E-state index contributed by atoms with van der Waals surface area (Å²) in [5, 5.41) is 8.95. The van der Waals surface area contributed by atoms with Gasteiger partial charge in [0.05, 0.1) is 5.56 Å². The minimum atomic E-state index is -1.12. The maximum absolute atomic E-state index is 13.8. The van der Waals surface area contributed by atoms with Gasteiger partial charge in [-0.05, 0) is 35.9 Å². The van der Waals surface area contributed by atoms with Crippen LogP contribution in [0.15, 0.2) is 42.5 Å². The molecule has 2 aromatic rings. The molecule has 0 bridgehead atoms. The van der Waals surface area contributed by atoms with Crippen molar-refractivity contribution >= 4 is 11.9 Å². The molecule has 0 saturated heterocycles. The Balaban J connectivity index is 2.41. The molecule has 0 heterocycles. The minimum absolute atomic E-state index is 0.0137. The smallest absolute Gasteiger partial charge is 0.335 e. The minimum Gasteiger partial charge on any atom is -0.478 e. The molecule has 2 rings (SSSR count). The summed E-state index contributed by atoms with van der Waals surface area (Å²) < 4.78 is 13.8. The van der Waals surface area contributed by atoms with E-state index in [2.05, 4.69) is 0 Å². The molecule has 0 fully saturated rings. The van der Waals surface area contributed by atoms with Gasteiger partial charge in [0, 0.05) is 25.2 Å². The highest BCUT2D eigenvalue weighted by Crippen LogP contribution is 2.24. The van der Waals surface area contributed by atoms with Gasteiger partial charge in [-0.2, -0.15) is 0 Å². The second-order valence-corrected chi connectivity index (χ2v) is 4.78. The number of carboxylic acid groups (broad SMARTS) is 1. The lowest BCUT2D eigenvalue weighted by Gasteiger charge is -2.11. The summed E-state index contributed by atoms with van der Waals surface area (Å²) in [5.41, 5.74) is 1.21. The van der Waals surface area contributed by atoms with Crippen LogP contribution in [-0.4, -0.2) is 36.0 Å². The van der Waals surface area contributed by atoms with Crippen molar-refractivity contribution in [1.29, 1.82) is 0 Å². The Labute approximate surface area is 121 Å². The highest BCUT2D eigenvalue weighted by atomic mass is 19.1. The number of aromatic carboxylic acids is 1. The molecule has 0 radical (unpaired) electrons. The average Bonchev–Trinajstić information content (AvgIpc) is 2.47. The zero-order chi connectivity index (χ0) is 15.6. The van der Waals surface area contributed by atoms with Gasteiger partial charge in [-0.25, -0.2) is 9.18 Å². The van der Waals surface area contributed by atoms with Crippen LogP contribution in [0.2, 0.25) is 0 Å². The SMILES string of the molecule is CN(C)C(=O)c1ccc(-c2cc(C(=O)O)ccc2F)cc1. The predicted octanol–water partition coefficient (Wildman–Crippen LogP) is 2.89. The van der Waals surface area contributed by atoms with Gasteiger partial charge in [0.2, 0.25) is 0 Å². The van der Waals surface area contributed by atoms with Crippen LogP contribution in [0.1, 0.15) is 20.7 Å². The maximum atomic E-state index is 13.8. The van der Waals surface area contributed by atoms with Gasteiger partial charge < -0.3 is 10.0 Å². The molecule has 0 aliphatic heterocycles. The van der Waals surface area contributed by atoms with E-state index >= 15 is 0 Å². The van der Waals surface area contributed by atoms with E-state index in [4.69, 9.17) is 5.11 Å². The van der Waals surface area contributed by atoms with Gasteiger partial charge in [0.25, 0.3) is 5.91 Å². The summed E-state index contributed by atoms with van der Waals surface area (Å²) in [4.78, 5) is 24.2. The van der Waals surface area contributed by atoms with E-state index in [1.807, 2.05) is 0 Å². The second-order valence-electron chi connectivity index (χ2n) is 4.78. The third kappa shape index (κ3) is 3.08. The standard InChI is InChI=1S/C16H14FNO3/c1-18(2)15(19)11-5-3-10(4-6-11)13-9-12(16(20)21)7-8-14(13)17/h3-9H,1-2H3,(H,20,21). The van der Waals surface area contributed by atoms with Crippen molar-refractivity contribution in [3.63, 3.8) is 0 Å². The molecule has 1 N–H and O–H groups in total. The molecule has 2 aromatic carbocycles. The summed E-state index contributed by atoms with van der Waals surface area (Å²) in [6, 6.07) is 9.99. The molecule has 108 valence electrons. The van der Waals surface area contributed by atoms with Gasteiger partial charge in [-0.3, -0.25) is 4.79 Å². The Hall–Kier alpha value is -2.69. The van der Waals surface area contributed by atoms with Gasteiger partial charge in [-0.1, -0.05) is 12.1 Å². The van der Waals surface area contributed by atoms with Crippen LogP contribution in [0.4, 0.5) is 4.39 Å². The van der Waals surface area contributed by atoms with Gasteiger partial charge in [0.15, 0.2) is 0 Å². The van der Waals surface area contributed by atoms with Crippen LogP contribution in [0.25, 0.3) is 11.1 Å². The van der Waals surface area contributed by atoms with Crippen LogP contribution < -0.4 is 0 Å². The first-order valence-electron chi connectivity index (χ1n) is 6.25. The monoisotopic (exact) mass is 287 g/mol. The van der Waals surface area contributed by atoms with Crippen molar-refractivity contribution in [2.24, 2.45) is 0 Å².